The number of hydrogen-bond acceptors (Lipinski definition) is 4. The average Bonchev–Trinajstić information content (AvgIpc) is 2.47. The first kappa shape index (κ1) is 16.6. The van der Waals surface area contributed by atoms with Gasteiger partial charge in [-0.15, -0.1) is 0 Å². The number of nitrogens with zero attached hydrogens (tertiary/aromatic N) is 1. The smallest absolute Gasteiger partial charge is 0.339 e. The van der Waals surface area contributed by atoms with Crippen molar-refractivity contribution in [3.63, 3.8) is 0 Å². The maximum absolute atomic E-state index is 11.9. The van der Waals surface area contributed by atoms with Crippen LogP contribution in [0.3, 0.4) is 0 Å². The second-order valence-corrected chi connectivity index (χ2v) is 6.15. The number of rotatable bonds is 5. The molecule has 0 aliphatic heterocycles. The van der Waals surface area contributed by atoms with Gasteiger partial charge in [0.1, 0.15) is 11.3 Å². The summed E-state index contributed by atoms with van der Waals surface area (Å²) in [6.07, 6.45) is 0.946. The van der Waals surface area contributed by atoms with Crippen LogP contribution in [-0.2, 0) is 0 Å². The van der Waals surface area contributed by atoms with Gasteiger partial charge in [-0.25, -0.2) is 4.79 Å². The summed E-state index contributed by atoms with van der Waals surface area (Å²) in [7, 11) is 4.12. The molecule has 1 aromatic heterocycles. The third-order valence-electron chi connectivity index (χ3n) is 4.50. The van der Waals surface area contributed by atoms with Crippen LogP contribution in [0.1, 0.15) is 30.0 Å². The highest BCUT2D eigenvalue weighted by Gasteiger charge is 2.13. The molecule has 0 bridgehead atoms. The van der Waals surface area contributed by atoms with Crippen LogP contribution in [-0.4, -0.2) is 31.6 Å². The van der Waals surface area contributed by atoms with Crippen LogP contribution in [0.2, 0.25) is 0 Å². The highest BCUT2D eigenvalue weighted by molar-refractivity contribution is 5.85. The topological polar surface area (TPSA) is 42.7 Å². The van der Waals surface area contributed by atoms with Crippen molar-refractivity contribution in [2.24, 2.45) is 0 Å². The first-order valence-electron chi connectivity index (χ1n) is 7.65. The molecule has 0 aliphatic rings. The Morgan fingerprint density at radius 1 is 1.14 bits per heavy atom. The largest absolute Gasteiger partial charge is 0.493 e. The lowest BCUT2D eigenvalue weighted by Crippen LogP contribution is -2.26. The molecule has 2 aromatic rings. The van der Waals surface area contributed by atoms with E-state index in [2.05, 4.69) is 25.9 Å². The van der Waals surface area contributed by atoms with E-state index in [9.17, 15) is 4.79 Å². The van der Waals surface area contributed by atoms with Crippen LogP contribution in [0.4, 0.5) is 0 Å². The molecule has 2 rings (SSSR count). The summed E-state index contributed by atoms with van der Waals surface area (Å²) in [6, 6.07) is 4.39. The zero-order chi connectivity index (χ0) is 16.4. The SMILES string of the molecule is Cc1c(C)c2ccc(OCCC(C)N(C)C)c(C)c2oc1=O. The second kappa shape index (κ2) is 6.53. The van der Waals surface area contributed by atoms with E-state index in [0.29, 0.717) is 23.8 Å². The molecule has 1 unspecified atom stereocenters. The molecule has 120 valence electrons. The molecule has 0 amide bonds. The fourth-order valence-corrected chi connectivity index (χ4v) is 2.38. The van der Waals surface area contributed by atoms with Crippen molar-refractivity contribution < 1.29 is 9.15 Å². The monoisotopic (exact) mass is 303 g/mol. The summed E-state index contributed by atoms with van der Waals surface area (Å²) >= 11 is 0. The summed E-state index contributed by atoms with van der Waals surface area (Å²) in [4.78, 5) is 14.1. The number of ether oxygens (including phenoxy) is 1. The normalized spacial score (nSPS) is 12.9. The van der Waals surface area contributed by atoms with E-state index in [0.717, 1.165) is 28.7 Å². The number of aryl methyl sites for hydroxylation is 2. The van der Waals surface area contributed by atoms with Gasteiger partial charge in [-0.3, -0.25) is 0 Å². The van der Waals surface area contributed by atoms with E-state index < -0.39 is 0 Å². The molecule has 0 spiro atoms. The molecule has 4 heteroatoms. The Balaban J connectivity index is 2.28. The molecule has 0 saturated carbocycles. The van der Waals surface area contributed by atoms with Crippen molar-refractivity contribution in [3.05, 3.63) is 39.2 Å². The molecule has 1 heterocycles. The lowest BCUT2D eigenvalue weighted by Gasteiger charge is -2.20. The zero-order valence-electron chi connectivity index (χ0n) is 14.3. The van der Waals surface area contributed by atoms with E-state index in [4.69, 9.17) is 9.15 Å². The highest BCUT2D eigenvalue weighted by Crippen LogP contribution is 2.29. The minimum Gasteiger partial charge on any atom is -0.493 e. The van der Waals surface area contributed by atoms with Crippen LogP contribution in [0.5, 0.6) is 5.75 Å². The molecule has 0 saturated heterocycles. The lowest BCUT2D eigenvalue weighted by molar-refractivity contribution is 0.233. The van der Waals surface area contributed by atoms with Gasteiger partial charge < -0.3 is 14.1 Å². The van der Waals surface area contributed by atoms with Crippen LogP contribution >= 0.6 is 0 Å². The Morgan fingerprint density at radius 2 is 1.82 bits per heavy atom. The van der Waals surface area contributed by atoms with Gasteiger partial charge in [0.2, 0.25) is 0 Å². The molecular formula is C18H25NO3. The zero-order valence-corrected chi connectivity index (χ0v) is 14.3. The Bertz CT molecular complexity index is 731. The maximum atomic E-state index is 11.9. The molecular weight excluding hydrogens is 278 g/mol. The number of hydrogen-bond donors (Lipinski definition) is 0. The predicted molar refractivity (Wildman–Crippen MR) is 90.0 cm³/mol. The number of benzene rings is 1. The van der Waals surface area contributed by atoms with E-state index in [1.54, 1.807) is 6.92 Å². The van der Waals surface area contributed by atoms with Crippen molar-refractivity contribution in [3.8, 4) is 5.75 Å². The Hall–Kier alpha value is -1.81. The van der Waals surface area contributed by atoms with Gasteiger partial charge in [0.05, 0.1) is 6.61 Å². The number of fused-ring (bicyclic) bond motifs is 1. The van der Waals surface area contributed by atoms with Gasteiger partial charge in [0.25, 0.3) is 0 Å². The molecule has 0 radical (unpaired) electrons. The van der Waals surface area contributed by atoms with E-state index >= 15 is 0 Å². The highest BCUT2D eigenvalue weighted by atomic mass is 16.5. The molecule has 0 fully saturated rings. The van der Waals surface area contributed by atoms with Crippen LogP contribution < -0.4 is 10.4 Å². The van der Waals surface area contributed by atoms with Gasteiger partial charge in [-0.2, -0.15) is 0 Å². The lowest BCUT2D eigenvalue weighted by atomic mass is 10.0. The Labute approximate surface area is 131 Å². The summed E-state index contributed by atoms with van der Waals surface area (Å²) in [5.74, 6) is 0.782. The summed E-state index contributed by atoms with van der Waals surface area (Å²) in [6.45, 7) is 8.49. The van der Waals surface area contributed by atoms with Crippen LogP contribution in [0.15, 0.2) is 21.3 Å². The van der Waals surface area contributed by atoms with Gasteiger partial charge in [0, 0.05) is 22.6 Å². The minimum atomic E-state index is -0.272. The van der Waals surface area contributed by atoms with E-state index in [1.165, 1.54) is 0 Å². The molecule has 1 atom stereocenters. The molecule has 22 heavy (non-hydrogen) atoms. The van der Waals surface area contributed by atoms with Crippen LogP contribution in [0.25, 0.3) is 11.0 Å². The summed E-state index contributed by atoms with van der Waals surface area (Å²) in [5, 5.41) is 0.976. The first-order valence-corrected chi connectivity index (χ1v) is 7.65. The standard InChI is InChI=1S/C18H25NO3/c1-11(19(5)6)9-10-21-16-8-7-15-12(2)13(3)18(20)22-17(15)14(16)4/h7-8,11H,9-10H2,1-6H3. The van der Waals surface area contributed by atoms with Crippen molar-refractivity contribution in [1.82, 2.24) is 4.90 Å². The van der Waals surface area contributed by atoms with Gasteiger partial charge >= 0.3 is 5.63 Å². The average molecular weight is 303 g/mol. The van der Waals surface area contributed by atoms with Crippen molar-refractivity contribution >= 4 is 11.0 Å². The van der Waals surface area contributed by atoms with Crippen molar-refractivity contribution in [2.45, 2.75) is 40.2 Å². The molecule has 4 nitrogen and oxygen atoms in total. The summed E-state index contributed by atoms with van der Waals surface area (Å²) in [5.41, 5.74) is 2.88. The van der Waals surface area contributed by atoms with Crippen LogP contribution in [0, 0.1) is 20.8 Å². The van der Waals surface area contributed by atoms with E-state index in [1.807, 2.05) is 26.0 Å². The quantitative estimate of drug-likeness (QED) is 0.794. The molecule has 0 N–H and O–H groups in total. The second-order valence-electron chi connectivity index (χ2n) is 6.15. The summed E-state index contributed by atoms with van der Waals surface area (Å²) < 4.78 is 11.4. The Morgan fingerprint density at radius 3 is 2.45 bits per heavy atom. The van der Waals surface area contributed by atoms with Gasteiger partial charge in [0.15, 0.2) is 0 Å². The predicted octanol–water partition coefficient (Wildman–Crippen LogP) is 3.44. The minimum absolute atomic E-state index is 0.272. The van der Waals surface area contributed by atoms with Gasteiger partial charge in [-0.05, 0) is 65.9 Å². The van der Waals surface area contributed by atoms with Crippen molar-refractivity contribution in [2.75, 3.05) is 20.7 Å². The van der Waals surface area contributed by atoms with Gasteiger partial charge in [-0.1, -0.05) is 0 Å². The molecule has 1 aromatic carbocycles. The Kier molecular flexibility index (Phi) is 4.91. The fourth-order valence-electron chi connectivity index (χ4n) is 2.38. The third kappa shape index (κ3) is 3.17. The third-order valence-corrected chi connectivity index (χ3v) is 4.50. The molecule has 0 aliphatic carbocycles. The maximum Gasteiger partial charge on any atom is 0.339 e. The van der Waals surface area contributed by atoms with Crippen molar-refractivity contribution in [1.29, 1.82) is 0 Å². The van der Waals surface area contributed by atoms with E-state index in [-0.39, 0.29) is 5.63 Å². The first-order chi connectivity index (χ1) is 10.3. The fraction of sp³-hybridized carbons (Fsp3) is 0.500.